The van der Waals surface area contributed by atoms with E-state index in [-0.39, 0.29) is 27.4 Å². The third-order valence-electron chi connectivity index (χ3n) is 4.20. The molecule has 10 heteroatoms. The highest BCUT2D eigenvalue weighted by Crippen LogP contribution is 2.50. The zero-order chi connectivity index (χ0) is 22.1. The number of aromatic nitrogens is 1. The van der Waals surface area contributed by atoms with Gasteiger partial charge in [0, 0.05) is 22.6 Å². The number of nitrogens with zero attached hydrogens (tertiary/aromatic N) is 1. The molecule has 3 rings (SSSR count). The number of hydrogen-bond acceptors (Lipinski definition) is 6. The molecule has 0 saturated heterocycles. The molecule has 1 aromatic heterocycles. The Labute approximate surface area is 177 Å². The zero-order valence-corrected chi connectivity index (χ0v) is 17.6. The maximum Gasteiger partial charge on any atom is 0.573 e. The predicted octanol–water partition coefficient (Wildman–Crippen LogP) is 6.45. The van der Waals surface area contributed by atoms with Crippen molar-refractivity contribution in [2.75, 3.05) is 7.11 Å². The molecule has 0 spiro atoms. The van der Waals surface area contributed by atoms with Crippen molar-refractivity contribution in [3.8, 4) is 23.1 Å². The highest BCUT2D eigenvalue weighted by atomic mass is 79.9. The molecule has 30 heavy (non-hydrogen) atoms. The summed E-state index contributed by atoms with van der Waals surface area (Å²) in [6.07, 6.45) is -6.12. The van der Waals surface area contributed by atoms with Gasteiger partial charge in [0.15, 0.2) is 17.2 Å². The van der Waals surface area contributed by atoms with Gasteiger partial charge in [0.25, 0.3) is 0 Å². The first-order chi connectivity index (χ1) is 14.1. The molecule has 0 saturated carbocycles. The van der Waals surface area contributed by atoms with Crippen LogP contribution in [0.4, 0.5) is 18.0 Å². The lowest BCUT2D eigenvalue weighted by atomic mass is 10.1. The van der Waals surface area contributed by atoms with Gasteiger partial charge in [0.2, 0.25) is 5.88 Å². The quantitative estimate of drug-likeness (QED) is 0.312. The molecule has 0 amide bonds. The fraction of sp³-hybridized carbons (Fsp3) is 0.200. The Bertz CT molecular complexity index is 1120. The first kappa shape index (κ1) is 21.7. The number of alkyl halides is 3. The van der Waals surface area contributed by atoms with Crippen LogP contribution in [0.2, 0.25) is 0 Å². The smallest absolute Gasteiger partial charge is 0.437 e. The van der Waals surface area contributed by atoms with Crippen LogP contribution in [0, 0.1) is 13.8 Å². The number of halogens is 4. The summed E-state index contributed by atoms with van der Waals surface area (Å²) in [4.78, 5) is 15.8. The molecule has 0 radical (unpaired) electrons. The summed E-state index contributed by atoms with van der Waals surface area (Å²) in [6, 6.07) is 10.5. The molecule has 6 nitrogen and oxygen atoms in total. The van der Waals surface area contributed by atoms with E-state index in [0.717, 1.165) is 12.5 Å². The number of rotatable bonds is 4. The van der Waals surface area contributed by atoms with E-state index in [1.807, 2.05) is 12.1 Å². The van der Waals surface area contributed by atoms with Crippen molar-refractivity contribution in [2.45, 2.75) is 20.2 Å². The molecule has 2 aromatic carbocycles. The highest BCUT2D eigenvalue weighted by molar-refractivity contribution is 9.10. The Morgan fingerprint density at radius 1 is 1.00 bits per heavy atom. The first-order valence-electron chi connectivity index (χ1n) is 8.48. The second kappa shape index (κ2) is 8.39. The molecule has 0 N–H and O–H groups in total. The van der Waals surface area contributed by atoms with Crippen LogP contribution in [0.3, 0.4) is 0 Å². The standard InChI is InChI=1S/C20H15BrF3NO5/c1-10-11(2)17(28-14-9-8-12-6-4-5-7-13(12)25-14)18(30-20(22,23)24)15(21)16(10)29-19(26)27-3/h4-9H,1-3H3. The van der Waals surface area contributed by atoms with Crippen molar-refractivity contribution in [1.82, 2.24) is 4.98 Å². The molecule has 1 heterocycles. The molecule has 0 aliphatic carbocycles. The molecule has 3 aromatic rings. The lowest BCUT2D eigenvalue weighted by Crippen LogP contribution is -2.19. The summed E-state index contributed by atoms with van der Waals surface area (Å²) in [6.45, 7) is 3.06. The minimum Gasteiger partial charge on any atom is -0.437 e. The third-order valence-corrected chi connectivity index (χ3v) is 4.92. The van der Waals surface area contributed by atoms with Crippen molar-refractivity contribution < 1.29 is 36.9 Å². The van der Waals surface area contributed by atoms with Crippen LogP contribution in [-0.2, 0) is 4.74 Å². The summed E-state index contributed by atoms with van der Waals surface area (Å²) >= 11 is 3.02. The lowest BCUT2D eigenvalue weighted by Gasteiger charge is -2.21. The van der Waals surface area contributed by atoms with Gasteiger partial charge in [-0.1, -0.05) is 18.2 Å². The summed E-state index contributed by atoms with van der Waals surface area (Å²) in [5.41, 5.74) is 1.20. The van der Waals surface area contributed by atoms with Gasteiger partial charge < -0.3 is 18.9 Å². The summed E-state index contributed by atoms with van der Waals surface area (Å²) in [5.74, 6) is -1.05. The largest absolute Gasteiger partial charge is 0.573 e. The maximum absolute atomic E-state index is 13.1. The Morgan fingerprint density at radius 2 is 1.67 bits per heavy atom. The number of ether oxygens (including phenoxy) is 4. The van der Waals surface area contributed by atoms with Gasteiger partial charge in [0.05, 0.1) is 12.6 Å². The number of carbonyl (C=O) groups is 1. The van der Waals surface area contributed by atoms with Crippen LogP contribution >= 0.6 is 15.9 Å². The van der Waals surface area contributed by atoms with Crippen LogP contribution in [0.1, 0.15) is 11.1 Å². The summed E-state index contributed by atoms with van der Waals surface area (Å²) in [7, 11) is 1.08. The fourth-order valence-electron chi connectivity index (χ4n) is 2.66. The number of fused-ring (bicyclic) bond motifs is 1. The fourth-order valence-corrected chi connectivity index (χ4v) is 3.30. The Balaban J connectivity index is 2.14. The topological polar surface area (TPSA) is 66.9 Å². The van der Waals surface area contributed by atoms with Crippen molar-refractivity contribution in [1.29, 1.82) is 0 Å². The second-order valence-corrected chi connectivity index (χ2v) is 6.89. The minimum absolute atomic E-state index is 0.0664. The summed E-state index contributed by atoms with van der Waals surface area (Å²) < 4.78 is 58.3. The molecule has 0 atom stereocenters. The molecule has 0 unspecified atom stereocenters. The van der Waals surface area contributed by atoms with E-state index in [9.17, 15) is 18.0 Å². The van der Waals surface area contributed by atoms with E-state index in [1.165, 1.54) is 13.0 Å². The minimum atomic E-state index is -5.03. The SMILES string of the molecule is COC(=O)Oc1c(C)c(C)c(Oc2ccc3ccccc3n2)c(OC(F)(F)F)c1Br. The van der Waals surface area contributed by atoms with Crippen LogP contribution < -0.4 is 14.2 Å². The highest BCUT2D eigenvalue weighted by Gasteiger charge is 2.36. The molecular formula is C20H15BrF3NO5. The van der Waals surface area contributed by atoms with Crippen molar-refractivity contribution in [3.05, 3.63) is 52.0 Å². The number of benzene rings is 2. The van der Waals surface area contributed by atoms with Gasteiger partial charge in [-0.2, -0.15) is 0 Å². The van der Waals surface area contributed by atoms with Gasteiger partial charge in [-0.05, 0) is 41.9 Å². The Hall–Kier alpha value is -3.01. The van der Waals surface area contributed by atoms with E-state index < -0.39 is 18.3 Å². The van der Waals surface area contributed by atoms with Gasteiger partial charge in [-0.15, -0.1) is 13.2 Å². The lowest BCUT2D eigenvalue weighted by molar-refractivity contribution is -0.275. The van der Waals surface area contributed by atoms with Gasteiger partial charge >= 0.3 is 12.5 Å². The molecule has 0 fully saturated rings. The maximum atomic E-state index is 13.1. The van der Waals surface area contributed by atoms with Gasteiger partial charge in [-0.25, -0.2) is 9.78 Å². The first-order valence-corrected chi connectivity index (χ1v) is 9.28. The van der Waals surface area contributed by atoms with Crippen LogP contribution in [0.5, 0.6) is 23.1 Å². The molecule has 0 aliphatic heterocycles. The van der Waals surface area contributed by atoms with Gasteiger partial charge in [0.1, 0.15) is 4.47 Å². The number of carbonyl (C=O) groups excluding carboxylic acids is 1. The zero-order valence-electron chi connectivity index (χ0n) is 16.0. The van der Waals surface area contributed by atoms with E-state index in [0.29, 0.717) is 11.1 Å². The monoisotopic (exact) mass is 485 g/mol. The van der Waals surface area contributed by atoms with Crippen molar-refractivity contribution in [3.63, 3.8) is 0 Å². The predicted molar refractivity (Wildman–Crippen MR) is 105 cm³/mol. The number of methoxy groups -OCH3 is 1. The van der Waals surface area contributed by atoms with Gasteiger partial charge in [-0.3, -0.25) is 0 Å². The molecule has 0 aliphatic rings. The van der Waals surface area contributed by atoms with E-state index in [4.69, 9.17) is 9.47 Å². The van der Waals surface area contributed by atoms with E-state index >= 15 is 0 Å². The van der Waals surface area contributed by atoms with Crippen LogP contribution in [0.15, 0.2) is 40.9 Å². The third kappa shape index (κ3) is 4.59. The van der Waals surface area contributed by atoms with E-state index in [1.54, 1.807) is 25.1 Å². The second-order valence-electron chi connectivity index (χ2n) is 6.10. The molecule has 0 bridgehead atoms. The van der Waals surface area contributed by atoms with Crippen molar-refractivity contribution in [2.24, 2.45) is 0 Å². The van der Waals surface area contributed by atoms with Crippen LogP contribution in [-0.4, -0.2) is 24.6 Å². The average Bonchev–Trinajstić information content (AvgIpc) is 2.71. The van der Waals surface area contributed by atoms with Crippen molar-refractivity contribution >= 4 is 33.0 Å². The number of para-hydroxylation sites is 1. The number of hydrogen-bond donors (Lipinski definition) is 0. The van der Waals surface area contributed by atoms with E-state index in [2.05, 4.69) is 30.4 Å². The average molecular weight is 486 g/mol. The van der Waals surface area contributed by atoms with Crippen LogP contribution in [0.25, 0.3) is 10.9 Å². The normalized spacial score (nSPS) is 11.3. The molecule has 158 valence electrons. The Kier molecular flexibility index (Phi) is 6.06. The number of pyridine rings is 1. The summed E-state index contributed by atoms with van der Waals surface area (Å²) in [5, 5.41) is 0.840. The Morgan fingerprint density at radius 3 is 2.33 bits per heavy atom. The molecular weight excluding hydrogens is 471 g/mol.